The molecule has 1 unspecified atom stereocenters. The monoisotopic (exact) mass is 242 g/mol. The normalized spacial score (nSPS) is 19.9. The molecular formula is C11H15ClN2O2. The lowest BCUT2D eigenvalue weighted by molar-refractivity contribution is -0.384. The lowest BCUT2D eigenvalue weighted by Crippen LogP contribution is -2.28. The molecule has 1 N–H and O–H groups in total. The molecule has 1 heterocycles. The second kappa shape index (κ2) is 5.82. The molecule has 1 aliphatic heterocycles. The fourth-order valence-corrected chi connectivity index (χ4v) is 2.03. The van der Waals surface area contributed by atoms with E-state index >= 15 is 0 Å². The van der Waals surface area contributed by atoms with Gasteiger partial charge in [-0.3, -0.25) is 10.1 Å². The Bertz CT molecular complexity index is 365. The number of halogens is 1. The van der Waals surface area contributed by atoms with Crippen LogP contribution in [0.4, 0.5) is 5.69 Å². The van der Waals surface area contributed by atoms with E-state index in [-0.39, 0.29) is 23.0 Å². The van der Waals surface area contributed by atoms with Gasteiger partial charge in [0.25, 0.3) is 5.69 Å². The number of nitrogens with zero attached hydrogens (tertiary/aromatic N) is 1. The molecule has 2 rings (SSSR count). The molecule has 0 amide bonds. The van der Waals surface area contributed by atoms with Gasteiger partial charge in [-0.15, -0.1) is 12.4 Å². The number of non-ortho nitro benzene ring substituents is 1. The first-order valence-electron chi connectivity index (χ1n) is 5.22. The summed E-state index contributed by atoms with van der Waals surface area (Å²) in [5.41, 5.74) is 1.27. The van der Waals surface area contributed by atoms with Gasteiger partial charge in [-0.25, -0.2) is 0 Å². The number of nitro benzene ring substituents is 1. The summed E-state index contributed by atoms with van der Waals surface area (Å²) in [6.45, 7) is 1.99. The maximum Gasteiger partial charge on any atom is 0.269 e. The molecule has 1 saturated heterocycles. The zero-order chi connectivity index (χ0) is 10.7. The van der Waals surface area contributed by atoms with Gasteiger partial charge in [-0.2, -0.15) is 0 Å². The van der Waals surface area contributed by atoms with Crippen LogP contribution < -0.4 is 5.32 Å². The van der Waals surface area contributed by atoms with E-state index in [0.29, 0.717) is 5.92 Å². The van der Waals surface area contributed by atoms with E-state index in [1.54, 1.807) is 18.2 Å². The molecule has 1 fully saturated rings. The van der Waals surface area contributed by atoms with Crippen LogP contribution in [0.3, 0.4) is 0 Å². The van der Waals surface area contributed by atoms with Crippen LogP contribution >= 0.6 is 12.4 Å². The number of hydrogen-bond acceptors (Lipinski definition) is 3. The third-order valence-corrected chi connectivity index (χ3v) is 2.85. The molecule has 0 saturated carbocycles. The van der Waals surface area contributed by atoms with Crippen molar-refractivity contribution >= 4 is 18.1 Å². The van der Waals surface area contributed by atoms with Gasteiger partial charge in [0.05, 0.1) is 4.92 Å². The minimum Gasteiger partial charge on any atom is -0.316 e. The van der Waals surface area contributed by atoms with Gasteiger partial charge in [0.2, 0.25) is 0 Å². The van der Waals surface area contributed by atoms with Crippen LogP contribution in [0.2, 0.25) is 0 Å². The van der Waals surface area contributed by atoms with E-state index in [1.165, 1.54) is 0 Å². The number of rotatable bonds is 2. The Morgan fingerprint density at radius 3 is 2.88 bits per heavy atom. The van der Waals surface area contributed by atoms with Crippen molar-refractivity contribution in [2.24, 2.45) is 0 Å². The highest BCUT2D eigenvalue weighted by Gasteiger charge is 2.17. The molecule has 0 radical (unpaired) electrons. The van der Waals surface area contributed by atoms with Crippen molar-refractivity contribution in [3.05, 3.63) is 39.9 Å². The second-order valence-electron chi connectivity index (χ2n) is 3.90. The molecule has 0 spiro atoms. The van der Waals surface area contributed by atoms with Gasteiger partial charge in [-0.05, 0) is 30.9 Å². The minimum absolute atomic E-state index is 0. The van der Waals surface area contributed by atoms with Gasteiger partial charge in [-0.1, -0.05) is 12.1 Å². The zero-order valence-electron chi connectivity index (χ0n) is 8.89. The van der Waals surface area contributed by atoms with E-state index in [9.17, 15) is 10.1 Å². The first-order valence-corrected chi connectivity index (χ1v) is 5.22. The lowest BCUT2D eigenvalue weighted by atomic mass is 9.91. The summed E-state index contributed by atoms with van der Waals surface area (Å²) in [5.74, 6) is 0.429. The molecule has 0 aliphatic carbocycles. The van der Waals surface area contributed by atoms with E-state index in [1.807, 2.05) is 6.07 Å². The number of piperidine rings is 1. The van der Waals surface area contributed by atoms with Crippen molar-refractivity contribution in [2.45, 2.75) is 18.8 Å². The number of hydrogen-bond donors (Lipinski definition) is 1. The SMILES string of the molecule is Cl.O=[N+]([O-])c1cccc(C2CCCNC2)c1. The molecule has 1 aromatic carbocycles. The van der Waals surface area contributed by atoms with Crippen LogP contribution in [0, 0.1) is 10.1 Å². The number of benzene rings is 1. The zero-order valence-corrected chi connectivity index (χ0v) is 9.70. The lowest BCUT2D eigenvalue weighted by Gasteiger charge is -2.22. The van der Waals surface area contributed by atoms with Crippen molar-refractivity contribution < 1.29 is 4.92 Å². The summed E-state index contributed by atoms with van der Waals surface area (Å²) in [6.07, 6.45) is 2.27. The Morgan fingerprint density at radius 1 is 1.44 bits per heavy atom. The molecule has 1 aromatic rings. The van der Waals surface area contributed by atoms with Gasteiger partial charge in [0, 0.05) is 18.7 Å². The molecular weight excluding hydrogens is 228 g/mol. The van der Waals surface area contributed by atoms with E-state index in [0.717, 1.165) is 31.5 Å². The van der Waals surface area contributed by atoms with Crippen molar-refractivity contribution in [3.63, 3.8) is 0 Å². The van der Waals surface area contributed by atoms with Gasteiger partial charge in [0.15, 0.2) is 0 Å². The van der Waals surface area contributed by atoms with E-state index in [4.69, 9.17) is 0 Å². The van der Waals surface area contributed by atoms with Crippen LogP contribution in [0.25, 0.3) is 0 Å². The largest absolute Gasteiger partial charge is 0.316 e. The third kappa shape index (κ3) is 2.93. The maximum atomic E-state index is 10.6. The molecule has 1 aliphatic rings. The fraction of sp³-hybridized carbons (Fsp3) is 0.455. The van der Waals surface area contributed by atoms with Crippen molar-refractivity contribution in [2.75, 3.05) is 13.1 Å². The second-order valence-corrected chi connectivity index (χ2v) is 3.90. The first-order chi connectivity index (χ1) is 7.27. The van der Waals surface area contributed by atoms with Crippen LogP contribution in [0.1, 0.15) is 24.3 Å². The molecule has 5 heteroatoms. The third-order valence-electron chi connectivity index (χ3n) is 2.85. The first kappa shape index (κ1) is 12.9. The Kier molecular flexibility index (Phi) is 4.71. The Labute approximate surface area is 101 Å². The standard InChI is InChI=1S/C11H14N2O2.ClH/c14-13(15)11-5-1-3-9(7-11)10-4-2-6-12-8-10;/h1,3,5,7,10,12H,2,4,6,8H2;1H. The van der Waals surface area contributed by atoms with E-state index < -0.39 is 0 Å². The summed E-state index contributed by atoms with van der Waals surface area (Å²) >= 11 is 0. The van der Waals surface area contributed by atoms with Crippen LogP contribution in [0.15, 0.2) is 24.3 Å². The van der Waals surface area contributed by atoms with Crippen LogP contribution in [-0.4, -0.2) is 18.0 Å². The quantitative estimate of drug-likeness (QED) is 0.640. The summed E-state index contributed by atoms with van der Waals surface area (Å²) in [4.78, 5) is 10.3. The molecule has 4 nitrogen and oxygen atoms in total. The molecule has 1 atom stereocenters. The molecule has 16 heavy (non-hydrogen) atoms. The van der Waals surface area contributed by atoms with Crippen LogP contribution in [-0.2, 0) is 0 Å². The van der Waals surface area contributed by atoms with Gasteiger partial charge < -0.3 is 5.32 Å². The van der Waals surface area contributed by atoms with E-state index in [2.05, 4.69) is 5.32 Å². The van der Waals surface area contributed by atoms with Gasteiger partial charge in [0.1, 0.15) is 0 Å². The van der Waals surface area contributed by atoms with Crippen molar-refractivity contribution in [3.8, 4) is 0 Å². The highest BCUT2D eigenvalue weighted by molar-refractivity contribution is 5.85. The summed E-state index contributed by atoms with van der Waals surface area (Å²) in [5, 5.41) is 13.9. The Balaban J connectivity index is 0.00000128. The highest BCUT2D eigenvalue weighted by Crippen LogP contribution is 2.25. The smallest absolute Gasteiger partial charge is 0.269 e. The molecule has 0 aromatic heterocycles. The molecule has 88 valence electrons. The highest BCUT2D eigenvalue weighted by atomic mass is 35.5. The fourth-order valence-electron chi connectivity index (χ4n) is 2.03. The van der Waals surface area contributed by atoms with Crippen LogP contribution in [0.5, 0.6) is 0 Å². The Hall–Kier alpha value is -1.13. The summed E-state index contributed by atoms with van der Waals surface area (Å²) < 4.78 is 0. The van der Waals surface area contributed by atoms with Crippen molar-refractivity contribution in [1.82, 2.24) is 5.32 Å². The predicted molar refractivity (Wildman–Crippen MR) is 65.2 cm³/mol. The average Bonchev–Trinajstić information content (AvgIpc) is 2.30. The maximum absolute atomic E-state index is 10.6. The predicted octanol–water partition coefficient (Wildman–Crippen LogP) is 2.48. The topological polar surface area (TPSA) is 55.2 Å². The number of nitro groups is 1. The average molecular weight is 243 g/mol. The summed E-state index contributed by atoms with van der Waals surface area (Å²) in [7, 11) is 0. The van der Waals surface area contributed by atoms with Gasteiger partial charge >= 0.3 is 0 Å². The summed E-state index contributed by atoms with van der Waals surface area (Å²) in [6, 6.07) is 6.98. The number of nitrogens with one attached hydrogen (secondary N) is 1. The minimum atomic E-state index is -0.334. The Morgan fingerprint density at radius 2 is 2.25 bits per heavy atom. The van der Waals surface area contributed by atoms with Crippen molar-refractivity contribution in [1.29, 1.82) is 0 Å². The molecule has 0 bridgehead atoms.